The highest BCUT2D eigenvalue weighted by Crippen LogP contribution is 2.27. The molecule has 1 atom stereocenters. The third-order valence-electron chi connectivity index (χ3n) is 3.84. The third-order valence-corrected chi connectivity index (χ3v) is 4.53. The van der Waals surface area contributed by atoms with Gasteiger partial charge in [0.2, 0.25) is 11.8 Å². The number of benzene rings is 1. The lowest BCUT2D eigenvalue weighted by Crippen LogP contribution is -2.20. The van der Waals surface area contributed by atoms with Gasteiger partial charge in [-0.3, -0.25) is 4.90 Å². The van der Waals surface area contributed by atoms with Crippen LogP contribution in [0.3, 0.4) is 0 Å². The molecule has 0 spiro atoms. The van der Waals surface area contributed by atoms with Gasteiger partial charge in [0.1, 0.15) is 0 Å². The van der Waals surface area contributed by atoms with Gasteiger partial charge in [-0.2, -0.15) is 0 Å². The van der Waals surface area contributed by atoms with Gasteiger partial charge in [-0.15, -0.1) is 10.2 Å². The Balaban J connectivity index is 1.65. The molecule has 1 aromatic heterocycles. The molecule has 0 amide bonds. The van der Waals surface area contributed by atoms with Crippen molar-refractivity contribution >= 4 is 15.9 Å². The Morgan fingerprint density at radius 1 is 1.33 bits per heavy atom. The van der Waals surface area contributed by atoms with Gasteiger partial charge < -0.3 is 9.52 Å². The summed E-state index contributed by atoms with van der Waals surface area (Å²) in [7, 11) is 0. The summed E-state index contributed by atoms with van der Waals surface area (Å²) in [6.07, 6.45) is 2.01. The average Bonchev–Trinajstić information content (AvgIpc) is 3.10. The number of aromatic nitrogens is 2. The Labute approximate surface area is 132 Å². The summed E-state index contributed by atoms with van der Waals surface area (Å²) in [5, 5.41) is 17.3. The Morgan fingerprint density at radius 3 is 3.00 bits per heavy atom. The molecule has 1 N–H and O–H groups in total. The minimum atomic E-state index is 0.269. The van der Waals surface area contributed by atoms with E-state index in [2.05, 4.69) is 31.0 Å². The van der Waals surface area contributed by atoms with E-state index in [1.807, 2.05) is 24.3 Å². The molecule has 1 unspecified atom stereocenters. The first kappa shape index (κ1) is 14.7. The van der Waals surface area contributed by atoms with Crippen LogP contribution < -0.4 is 0 Å². The number of nitrogens with zero attached hydrogens (tertiary/aromatic N) is 3. The standard InChI is InChI=1S/C15H18BrN3O2/c16-13-4-2-1-3-12(13)15-18-17-14(21-15)10-19-7-5-11(9-19)6-8-20/h1-4,11,20H,5-10H2. The molecular weight excluding hydrogens is 334 g/mol. The zero-order valence-corrected chi connectivity index (χ0v) is 13.3. The van der Waals surface area contributed by atoms with Crippen molar-refractivity contribution in [3.8, 4) is 11.5 Å². The molecule has 112 valence electrons. The van der Waals surface area contributed by atoms with Crippen LogP contribution in [-0.2, 0) is 6.54 Å². The summed E-state index contributed by atoms with van der Waals surface area (Å²) in [5.41, 5.74) is 0.913. The van der Waals surface area contributed by atoms with Gasteiger partial charge in [0.25, 0.3) is 0 Å². The molecule has 21 heavy (non-hydrogen) atoms. The molecule has 2 heterocycles. The summed E-state index contributed by atoms with van der Waals surface area (Å²) >= 11 is 3.49. The highest BCUT2D eigenvalue weighted by molar-refractivity contribution is 9.10. The molecule has 0 bridgehead atoms. The van der Waals surface area contributed by atoms with Crippen LogP contribution >= 0.6 is 15.9 Å². The first-order chi connectivity index (χ1) is 10.3. The first-order valence-corrected chi connectivity index (χ1v) is 7.96. The highest BCUT2D eigenvalue weighted by atomic mass is 79.9. The topological polar surface area (TPSA) is 62.4 Å². The number of aliphatic hydroxyl groups excluding tert-OH is 1. The van der Waals surface area contributed by atoms with Crippen LogP contribution in [0.4, 0.5) is 0 Å². The molecule has 1 fully saturated rings. The van der Waals surface area contributed by atoms with Crippen LogP contribution in [0.15, 0.2) is 33.2 Å². The molecule has 3 rings (SSSR count). The first-order valence-electron chi connectivity index (χ1n) is 7.17. The fourth-order valence-electron chi connectivity index (χ4n) is 2.73. The predicted molar refractivity (Wildman–Crippen MR) is 82.5 cm³/mol. The fraction of sp³-hybridized carbons (Fsp3) is 0.467. The van der Waals surface area contributed by atoms with Crippen molar-refractivity contribution in [2.24, 2.45) is 5.92 Å². The molecule has 0 radical (unpaired) electrons. The maximum atomic E-state index is 8.99. The molecular formula is C15H18BrN3O2. The number of hydrogen-bond donors (Lipinski definition) is 1. The molecule has 1 saturated heterocycles. The van der Waals surface area contributed by atoms with Gasteiger partial charge in [0, 0.05) is 17.6 Å². The van der Waals surface area contributed by atoms with E-state index in [1.54, 1.807) is 0 Å². The SMILES string of the molecule is OCCC1CCN(Cc2nnc(-c3ccccc3Br)o2)C1. The van der Waals surface area contributed by atoms with Crippen molar-refractivity contribution in [2.75, 3.05) is 19.7 Å². The van der Waals surface area contributed by atoms with Crippen molar-refractivity contribution in [1.29, 1.82) is 0 Å². The smallest absolute Gasteiger partial charge is 0.248 e. The van der Waals surface area contributed by atoms with E-state index in [0.717, 1.165) is 36.0 Å². The van der Waals surface area contributed by atoms with Crippen molar-refractivity contribution in [3.05, 3.63) is 34.6 Å². The lowest BCUT2D eigenvalue weighted by Gasteiger charge is -2.12. The third kappa shape index (κ3) is 3.51. The van der Waals surface area contributed by atoms with Gasteiger partial charge >= 0.3 is 0 Å². The van der Waals surface area contributed by atoms with Crippen molar-refractivity contribution in [3.63, 3.8) is 0 Å². The maximum absolute atomic E-state index is 8.99. The van der Waals surface area contributed by atoms with E-state index in [4.69, 9.17) is 9.52 Å². The quantitative estimate of drug-likeness (QED) is 0.897. The number of rotatable bonds is 5. The lowest BCUT2D eigenvalue weighted by molar-refractivity contribution is 0.243. The molecule has 1 aliphatic heterocycles. The van der Waals surface area contributed by atoms with E-state index in [1.165, 1.54) is 0 Å². The highest BCUT2D eigenvalue weighted by Gasteiger charge is 2.23. The van der Waals surface area contributed by atoms with Crippen LogP contribution in [0, 0.1) is 5.92 Å². The largest absolute Gasteiger partial charge is 0.419 e. The Morgan fingerprint density at radius 2 is 2.19 bits per heavy atom. The summed E-state index contributed by atoms with van der Waals surface area (Å²) in [6.45, 7) is 2.97. The normalized spacial score (nSPS) is 19.2. The van der Waals surface area contributed by atoms with Crippen LogP contribution in [0.1, 0.15) is 18.7 Å². The Bertz CT molecular complexity index is 602. The number of hydrogen-bond acceptors (Lipinski definition) is 5. The lowest BCUT2D eigenvalue weighted by atomic mass is 10.1. The van der Waals surface area contributed by atoms with E-state index in [9.17, 15) is 0 Å². The summed E-state index contributed by atoms with van der Waals surface area (Å²) in [4.78, 5) is 2.30. The molecule has 2 aromatic rings. The number of likely N-dealkylation sites (tertiary alicyclic amines) is 1. The van der Waals surface area contributed by atoms with Gasteiger partial charge in [-0.05, 0) is 53.4 Å². The van der Waals surface area contributed by atoms with Crippen molar-refractivity contribution < 1.29 is 9.52 Å². The molecule has 0 aliphatic carbocycles. The fourth-order valence-corrected chi connectivity index (χ4v) is 3.18. The van der Waals surface area contributed by atoms with Crippen LogP contribution in [0.25, 0.3) is 11.5 Å². The van der Waals surface area contributed by atoms with Gasteiger partial charge in [-0.25, -0.2) is 0 Å². The summed E-state index contributed by atoms with van der Waals surface area (Å²) in [5.74, 6) is 1.77. The van der Waals surface area contributed by atoms with Crippen LogP contribution in [0.2, 0.25) is 0 Å². The van der Waals surface area contributed by atoms with E-state index < -0.39 is 0 Å². The maximum Gasteiger partial charge on any atom is 0.248 e. The summed E-state index contributed by atoms with van der Waals surface area (Å²) < 4.78 is 6.71. The van der Waals surface area contributed by atoms with Crippen LogP contribution in [0.5, 0.6) is 0 Å². The minimum Gasteiger partial charge on any atom is -0.419 e. The van der Waals surface area contributed by atoms with Gasteiger partial charge in [0.15, 0.2) is 0 Å². The van der Waals surface area contributed by atoms with Gasteiger partial charge in [-0.1, -0.05) is 12.1 Å². The van der Waals surface area contributed by atoms with Crippen molar-refractivity contribution in [2.45, 2.75) is 19.4 Å². The molecule has 1 aromatic carbocycles. The second-order valence-corrected chi connectivity index (χ2v) is 6.24. The summed E-state index contributed by atoms with van der Waals surface area (Å²) in [6, 6.07) is 7.81. The van der Waals surface area contributed by atoms with Crippen LogP contribution in [-0.4, -0.2) is 39.9 Å². The number of aliphatic hydroxyl groups is 1. The van der Waals surface area contributed by atoms with E-state index >= 15 is 0 Å². The molecule has 0 saturated carbocycles. The Kier molecular flexibility index (Phi) is 4.67. The zero-order valence-electron chi connectivity index (χ0n) is 11.7. The molecule has 6 heteroatoms. The molecule has 1 aliphatic rings. The monoisotopic (exact) mass is 351 g/mol. The van der Waals surface area contributed by atoms with Crippen molar-refractivity contribution in [1.82, 2.24) is 15.1 Å². The second kappa shape index (κ2) is 6.68. The Hall–Kier alpha value is -1.24. The molecule has 5 nitrogen and oxygen atoms in total. The average molecular weight is 352 g/mol. The number of halogens is 1. The van der Waals surface area contributed by atoms with Gasteiger partial charge in [0.05, 0.1) is 12.1 Å². The van der Waals surface area contributed by atoms with E-state index in [0.29, 0.717) is 24.2 Å². The predicted octanol–water partition coefficient (Wildman–Crippen LogP) is 2.70. The second-order valence-electron chi connectivity index (χ2n) is 5.38. The zero-order chi connectivity index (χ0) is 14.7. The van der Waals surface area contributed by atoms with E-state index in [-0.39, 0.29) is 6.61 Å². The minimum absolute atomic E-state index is 0.269.